The molecular formula is C20H21N3O2S. The van der Waals surface area contributed by atoms with Crippen LogP contribution in [0.15, 0.2) is 16.7 Å². The van der Waals surface area contributed by atoms with E-state index in [4.69, 9.17) is 4.52 Å². The molecule has 26 heavy (non-hydrogen) atoms. The summed E-state index contributed by atoms with van der Waals surface area (Å²) in [7, 11) is 0. The van der Waals surface area contributed by atoms with E-state index in [1.807, 2.05) is 24.3 Å². The third kappa shape index (κ3) is 2.82. The summed E-state index contributed by atoms with van der Waals surface area (Å²) < 4.78 is 5.34. The molecule has 1 N–H and O–H groups in total. The Morgan fingerprint density at radius 3 is 2.96 bits per heavy atom. The number of pyridine rings is 1. The molecule has 3 aromatic rings. The topological polar surface area (TPSA) is 68.0 Å². The summed E-state index contributed by atoms with van der Waals surface area (Å²) in [5.41, 5.74) is 4.25. The number of hydrogen-bond acceptors (Lipinski definition) is 5. The molecule has 3 aromatic heterocycles. The first-order valence-electron chi connectivity index (χ1n) is 9.34. The second-order valence-corrected chi connectivity index (χ2v) is 8.59. The van der Waals surface area contributed by atoms with Gasteiger partial charge < -0.3 is 9.84 Å². The maximum atomic E-state index is 12.9. The Morgan fingerprint density at radius 1 is 1.31 bits per heavy atom. The van der Waals surface area contributed by atoms with E-state index in [0.29, 0.717) is 29.4 Å². The third-order valence-corrected chi connectivity index (χ3v) is 6.59. The van der Waals surface area contributed by atoms with E-state index in [2.05, 4.69) is 21.5 Å². The van der Waals surface area contributed by atoms with Crippen molar-refractivity contribution in [2.24, 2.45) is 0 Å². The fourth-order valence-corrected chi connectivity index (χ4v) is 4.98. The van der Waals surface area contributed by atoms with E-state index < -0.39 is 0 Å². The number of thiophene rings is 1. The lowest BCUT2D eigenvalue weighted by atomic mass is 9.99. The number of amides is 1. The number of fused-ring (bicyclic) bond motifs is 2. The van der Waals surface area contributed by atoms with Gasteiger partial charge in [-0.15, -0.1) is 11.3 Å². The Hall–Kier alpha value is -2.21. The average molecular weight is 367 g/mol. The van der Waals surface area contributed by atoms with Crippen LogP contribution in [-0.4, -0.2) is 16.0 Å². The Bertz CT molecular complexity index is 977. The van der Waals surface area contributed by atoms with Crippen LogP contribution in [0.3, 0.4) is 0 Å². The van der Waals surface area contributed by atoms with Gasteiger partial charge in [-0.25, -0.2) is 4.98 Å². The van der Waals surface area contributed by atoms with Gasteiger partial charge in [0, 0.05) is 21.4 Å². The standard InChI is InChI=1S/C20H21N3O2S/c1-11-18-15(9-16(12-6-7-12)22-20(18)25-23-11)19(24)21-10-14-8-13-4-2-3-5-17(13)26-14/h8-9,12H,2-7,10H2,1H3,(H,21,24). The summed E-state index contributed by atoms with van der Waals surface area (Å²) in [5, 5.41) is 7.83. The van der Waals surface area contributed by atoms with E-state index in [1.54, 1.807) is 0 Å². The van der Waals surface area contributed by atoms with Gasteiger partial charge in [-0.2, -0.15) is 0 Å². The smallest absolute Gasteiger partial charge is 0.259 e. The second-order valence-electron chi connectivity index (χ2n) is 7.37. The third-order valence-electron chi connectivity index (χ3n) is 5.35. The SMILES string of the molecule is Cc1noc2nc(C3CC3)cc(C(=O)NCc3cc4c(s3)CCCC4)c12. The Morgan fingerprint density at radius 2 is 2.15 bits per heavy atom. The molecule has 0 aromatic carbocycles. The minimum atomic E-state index is -0.0722. The predicted molar refractivity (Wildman–Crippen MR) is 101 cm³/mol. The first-order valence-corrected chi connectivity index (χ1v) is 10.2. The molecule has 2 aliphatic carbocycles. The van der Waals surface area contributed by atoms with E-state index in [0.717, 1.165) is 23.9 Å². The number of aryl methyl sites for hydroxylation is 3. The average Bonchev–Trinajstić information content (AvgIpc) is 3.32. The maximum absolute atomic E-state index is 12.9. The van der Waals surface area contributed by atoms with Crippen molar-refractivity contribution in [3.05, 3.63) is 44.4 Å². The van der Waals surface area contributed by atoms with Gasteiger partial charge >= 0.3 is 0 Å². The minimum Gasteiger partial charge on any atom is -0.347 e. The molecule has 134 valence electrons. The quantitative estimate of drug-likeness (QED) is 0.747. The lowest BCUT2D eigenvalue weighted by Gasteiger charge is -2.08. The molecule has 0 atom stereocenters. The summed E-state index contributed by atoms with van der Waals surface area (Å²) in [6, 6.07) is 4.20. The molecular weight excluding hydrogens is 346 g/mol. The van der Waals surface area contributed by atoms with Crippen molar-refractivity contribution in [1.82, 2.24) is 15.5 Å². The van der Waals surface area contributed by atoms with Crippen molar-refractivity contribution in [2.45, 2.75) is 57.9 Å². The van der Waals surface area contributed by atoms with Crippen LogP contribution in [0, 0.1) is 6.92 Å². The van der Waals surface area contributed by atoms with Crippen LogP contribution in [0.25, 0.3) is 11.1 Å². The molecule has 1 fully saturated rings. The zero-order chi connectivity index (χ0) is 17.7. The molecule has 0 unspecified atom stereocenters. The molecule has 1 saturated carbocycles. The number of carbonyl (C=O) groups excluding carboxylic acids is 1. The van der Waals surface area contributed by atoms with Gasteiger partial charge in [-0.3, -0.25) is 4.79 Å². The van der Waals surface area contributed by atoms with Gasteiger partial charge in [-0.05, 0) is 63.1 Å². The highest BCUT2D eigenvalue weighted by Gasteiger charge is 2.28. The predicted octanol–water partition coefficient (Wildman–Crippen LogP) is 4.28. The Kier molecular flexibility index (Phi) is 3.81. The molecule has 6 heteroatoms. The number of carbonyl (C=O) groups is 1. The molecule has 0 radical (unpaired) electrons. The molecule has 5 nitrogen and oxygen atoms in total. The van der Waals surface area contributed by atoms with Crippen LogP contribution < -0.4 is 5.32 Å². The Labute approximate surface area is 155 Å². The van der Waals surface area contributed by atoms with Crippen molar-refractivity contribution in [2.75, 3.05) is 0 Å². The number of rotatable bonds is 4. The largest absolute Gasteiger partial charge is 0.347 e. The highest BCUT2D eigenvalue weighted by Crippen LogP contribution is 2.40. The zero-order valence-corrected chi connectivity index (χ0v) is 15.6. The lowest BCUT2D eigenvalue weighted by Crippen LogP contribution is -2.23. The van der Waals surface area contributed by atoms with Crippen LogP contribution in [0.4, 0.5) is 0 Å². The van der Waals surface area contributed by atoms with Gasteiger partial charge in [0.15, 0.2) is 0 Å². The highest BCUT2D eigenvalue weighted by atomic mass is 32.1. The van der Waals surface area contributed by atoms with Gasteiger partial charge in [-0.1, -0.05) is 5.16 Å². The second kappa shape index (κ2) is 6.20. The van der Waals surface area contributed by atoms with Crippen LogP contribution in [0.1, 0.15) is 68.7 Å². The highest BCUT2D eigenvalue weighted by molar-refractivity contribution is 7.12. The van der Waals surface area contributed by atoms with Gasteiger partial charge in [0.05, 0.1) is 23.2 Å². The number of nitrogens with zero attached hydrogens (tertiary/aromatic N) is 2. The number of hydrogen-bond donors (Lipinski definition) is 1. The fourth-order valence-electron chi connectivity index (χ4n) is 3.78. The molecule has 2 aliphatic rings. The van der Waals surface area contributed by atoms with E-state index in [9.17, 15) is 4.79 Å². The molecule has 0 aliphatic heterocycles. The number of aromatic nitrogens is 2. The minimum absolute atomic E-state index is 0.0722. The molecule has 0 spiro atoms. The molecule has 0 bridgehead atoms. The molecule has 5 rings (SSSR count). The summed E-state index contributed by atoms with van der Waals surface area (Å²) in [6.07, 6.45) is 7.19. The van der Waals surface area contributed by atoms with Crippen molar-refractivity contribution in [1.29, 1.82) is 0 Å². The summed E-state index contributed by atoms with van der Waals surface area (Å²) in [6.45, 7) is 2.43. The van der Waals surface area contributed by atoms with Gasteiger partial charge in [0.1, 0.15) is 0 Å². The Balaban J connectivity index is 1.41. The van der Waals surface area contributed by atoms with Gasteiger partial charge in [0.2, 0.25) is 0 Å². The van der Waals surface area contributed by atoms with E-state index in [1.165, 1.54) is 41.0 Å². The van der Waals surface area contributed by atoms with E-state index >= 15 is 0 Å². The van der Waals surface area contributed by atoms with Crippen LogP contribution in [-0.2, 0) is 19.4 Å². The van der Waals surface area contributed by atoms with E-state index in [-0.39, 0.29) is 5.91 Å². The van der Waals surface area contributed by atoms with Gasteiger partial charge in [0.25, 0.3) is 11.6 Å². The molecule has 1 amide bonds. The normalized spacial score (nSPS) is 16.7. The van der Waals surface area contributed by atoms with Crippen LogP contribution in [0.5, 0.6) is 0 Å². The van der Waals surface area contributed by atoms with Crippen LogP contribution in [0.2, 0.25) is 0 Å². The summed E-state index contributed by atoms with van der Waals surface area (Å²) >= 11 is 1.84. The summed E-state index contributed by atoms with van der Waals surface area (Å²) in [5.74, 6) is 0.386. The zero-order valence-electron chi connectivity index (χ0n) is 14.8. The van der Waals surface area contributed by atoms with Crippen molar-refractivity contribution in [3.8, 4) is 0 Å². The summed E-state index contributed by atoms with van der Waals surface area (Å²) in [4.78, 5) is 20.2. The van der Waals surface area contributed by atoms with Crippen molar-refractivity contribution in [3.63, 3.8) is 0 Å². The molecule has 3 heterocycles. The maximum Gasteiger partial charge on any atom is 0.259 e. The first kappa shape index (κ1) is 16.0. The number of nitrogens with one attached hydrogen (secondary N) is 1. The van der Waals surface area contributed by atoms with Crippen LogP contribution >= 0.6 is 11.3 Å². The monoisotopic (exact) mass is 367 g/mol. The fraction of sp³-hybridized carbons (Fsp3) is 0.450. The van der Waals surface area contributed by atoms with Crippen molar-refractivity contribution >= 4 is 28.3 Å². The lowest BCUT2D eigenvalue weighted by molar-refractivity contribution is 0.0952. The molecule has 0 saturated heterocycles. The van der Waals surface area contributed by atoms with Crippen molar-refractivity contribution < 1.29 is 9.32 Å². The first-order chi connectivity index (χ1) is 12.7.